The van der Waals surface area contributed by atoms with Gasteiger partial charge in [0.25, 0.3) is 5.79 Å². The molecule has 1 heterocycles. The Balaban J connectivity index is 1.88. The molecule has 21 heavy (non-hydrogen) atoms. The molecule has 0 saturated heterocycles. The summed E-state index contributed by atoms with van der Waals surface area (Å²) in [6.45, 7) is 3.38. The summed E-state index contributed by atoms with van der Waals surface area (Å²) in [5, 5.41) is 9.78. The third kappa shape index (κ3) is 2.57. The lowest BCUT2D eigenvalue weighted by atomic mass is 9.86. The normalized spacial score (nSPS) is 19.2. The maximum atomic E-state index is 11.3. The average molecular weight is 311 g/mol. The minimum Gasteiger partial charge on any atom is -0.481 e. The number of rotatable bonds is 3. The Bertz CT molecular complexity index is 588. The Morgan fingerprint density at radius 3 is 2.43 bits per heavy atom. The monoisotopic (exact) mass is 310 g/mol. The van der Waals surface area contributed by atoms with Gasteiger partial charge >= 0.3 is 5.97 Å². The second-order valence-electron chi connectivity index (χ2n) is 6.58. The summed E-state index contributed by atoms with van der Waals surface area (Å²) in [6, 6.07) is 3.58. The molecule has 0 amide bonds. The van der Waals surface area contributed by atoms with E-state index in [9.17, 15) is 9.90 Å². The van der Waals surface area contributed by atoms with Crippen LogP contribution < -0.4 is 9.47 Å². The predicted molar refractivity (Wildman–Crippen MR) is 79.0 cm³/mol. The van der Waals surface area contributed by atoms with Crippen LogP contribution in [0.15, 0.2) is 12.1 Å². The molecule has 0 unspecified atom stereocenters. The van der Waals surface area contributed by atoms with E-state index in [1.165, 1.54) is 0 Å². The van der Waals surface area contributed by atoms with Gasteiger partial charge in [0.05, 0.1) is 5.41 Å². The summed E-state index contributed by atoms with van der Waals surface area (Å²) in [4.78, 5) is 11.3. The van der Waals surface area contributed by atoms with E-state index in [2.05, 4.69) is 0 Å². The number of aliphatic carboxylic acids is 1. The van der Waals surface area contributed by atoms with Gasteiger partial charge in [0.2, 0.25) is 0 Å². The van der Waals surface area contributed by atoms with Crippen molar-refractivity contribution in [2.24, 2.45) is 5.41 Å². The van der Waals surface area contributed by atoms with Crippen molar-refractivity contribution in [2.75, 3.05) is 0 Å². The third-order valence-corrected chi connectivity index (χ3v) is 4.63. The zero-order valence-electron chi connectivity index (χ0n) is 12.2. The first-order chi connectivity index (χ1) is 9.81. The van der Waals surface area contributed by atoms with Gasteiger partial charge in [0.1, 0.15) is 0 Å². The number of fused-ring (bicyclic) bond motifs is 1. The van der Waals surface area contributed by atoms with Crippen LogP contribution in [0.3, 0.4) is 0 Å². The van der Waals surface area contributed by atoms with Crippen LogP contribution in [0.2, 0.25) is 5.02 Å². The Hall–Kier alpha value is -1.42. The summed E-state index contributed by atoms with van der Waals surface area (Å²) in [7, 11) is 0. The molecule has 1 aromatic rings. The molecular formula is C16H19ClO4. The summed E-state index contributed by atoms with van der Waals surface area (Å²) < 4.78 is 11.9. The highest BCUT2D eigenvalue weighted by molar-refractivity contribution is 6.31. The number of hydrogen-bond donors (Lipinski definition) is 1. The van der Waals surface area contributed by atoms with Crippen LogP contribution in [0.1, 0.15) is 45.1 Å². The van der Waals surface area contributed by atoms with Gasteiger partial charge < -0.3 is 14.6 Å². The van der Waals surface area contributed by atoms with E-state index in [0.717, 1.165) is 31.2 Å². The largest absolute Gasteiger partial charge is 0.481 e. The standard InChI is InChI=1S/C16H19ClO4/c1-15(2,14(18)19)9-10-7-12-13(8-11(10)17)21-16(20-12)5-3-4-6-16/h7-8H,3-6,9H2,1-2H3,(H,18,19). The van der Waals surface area contributed by atoms with E-state index in [-0.39, 0.29) is 0 Å². The molecule has 5 heteroatoms. The molecule has 2 aliphatic rings. The molecular weight excluding hydrogens is 292 g/mol. The topological polar surface area (TPSA) is 55.8 Å². The fourth-order valence-corrected chi connectivity index (χ4v) is 3.18. The number of halogens is 1. The quantitative estimate of drug-likeness (QED) is 0.915. The van der Waals surface area contributed by atoms with E-state index in [4.69, 9.17) is 21.1 Å². The summed E-state index contributed by atoms with van der Waals surface area (Å²) in [6.07, 6.45) is 4.32. The Morgan fingerprint density at radius 1 is 1.29 bits per heavy atom. The SMILES string of the molecule is CC(C)(Cc1cc2c(cc1Cl)OC1(CCCC1)O2)C(=O)O. The summed E-state index contributed by atoms with van der Waals surface area (Å²) in [5.74, 6) is -0.0214. The molecule has 0 radical (unpaired) electrons. The summed E-state index contributed by atoms with van der Waals surface area (Å²) >= 11 is 6.29. The lowest BCUT2D eigenvalue weighted by molar-refractivity contribution is -0.146. The molecule has 0 aromatic heterocycles. The van der Waals surface area contributed by atoms with E-state index < -0.39 is 17.2 Å². The van der Waals surface area contributed by atoms with Gasteiger partial charge in [-0.1, -0.05) is 11.6 Å². The Kier molecular flexibility index (Phi) is 3.32. The van der Waals surface area contributed by atoms with Crippen molar-refractivity contribution in [1.29, 1.82) is 0 Å². The van der Waals surface area contributed by atoms with Crippen LogP contribution in [0.4, 0.5) is 0 Å². The number of carboxylic acids is 1. The first-order valence-corrected chi connectivity index (χ1v) is 7.63. The second kappa shape index (κ2) is 4.80. The van der Waals surface area contributed by atoms with Gasteiger partial charge in [-0.15, -0.1) is 0 Å². The lowest BCUT2D eigenvalue weighted by Gasteiger charge is -2.21. The van der Waals surface area contributed by atoms with Gasteiger partial charge in [-0.25, -0.2) is 0 Å². The van der Waals surface area contributed by atoms with Crippen LogP contribution in [0.25, 0.3) is 0 Å². The number of benzene rings is 1. The summed E-state index contributed by atoms with van der Waals surface area (Å²) in [5.41, 5.74) is -0.0935. The predicted octanol–water partition coefficient (Wildman–Crippen LogP) is 4.03. The van der Waals surface area contributed by atoms with Crippen LogP contribution in [0.5, 0.6) is 11.5 Å². The van der Waals surface area contributed by atoms with Gasteiger partial charge in [-0.05, 0) is 44.7 Å². The van der Waals surface area contributed by atoms with Gasteiger partial charge in [-0.3, -0.25) is 4.79 Å². The zero-order chi connectivity index (χ0) is 15.3. The van der Waals surface area contributed by atoms with Gasteiger partial charge in [-0.2, -0.15) is 0 Å². The molecule has 0 atom stereocenters. The molecule has 1 aromatic carbocycles. The van der Waals surface area contributed by atoms with Crippen LogP contribution >= 0.6 is 11.6 Å². The molecule has 1 N–H and O–H groups in total. The fraction of sp³-hybridized carbons (Fsp3) is 0.562. The molecule has 1 spiro atoms. The maximum absolute atomic E-state index is 11.3. The minimum atomic E-state index is -0.873. The minimum absolute atomic E-state index is 0.352. The fourth-order valence-electron chi connectivity index (χ4n) is 2.96. The molecule has 1 aliphatic carbocycles. The molecule has 3 rings (SSSR count). The van der Waals surface area contributed by atoms with Crippen LogP contribution in [-0.4, -0.2) is 16.9 Å². The first kappa shape index (κ1) is 14.5. The smallest absolute Gasteiger partial charge is 0.309 e. The first-order valence-electron chi connectivity index (χ1n) is 7.25. The number of ether oxygens (including phenoxy) is 2. The van der Waals surface area contributed by atoms with Crippen molar-refractivity contribution >= 4 is 17.6 Å². The Labute approximate surface area is 129 Å². The van der Waals surface area contributed by atoms with Gasteiger partial charge in [0.15, 0.2) is 11.5 Å². The Morgan fingerprint density at radius 2 is 1.86 bits per heavy atom. The molecule has 1 saturated carbocycles. The van der Waals surface area contributed by atoms with Crippen molar-refractivity contribution in [3.05, 3.63) is 22.7 Å². The van der Waals surface area contributed by atoms with Crippen molar-refractivity contribution in [2.45, 2.75) is 51.7 Å². The van der Waals surface area contributed by atoms with E-state index >= 15 is 0 Å². The average Bonchev–Trinajstić information content (AvgIpc) is 2.96. The molecule has 4 nitrogen and oxygen atoms in total. The number of carbonyl (C=O) groups is 1. The molecule has 1 fully saturated rings. The highest BCUT2D eigenvalue weighted by atomic mass is 35.5. The van der Waals surface area contributed by atoms with Crippen molar-refractivity contribution in [1.82, 2.24) is 0 Å². The van der Waals surface area contributed by atoms with Gasteiger partial charge in [0, 0.05) is 23.9 Å². The second-order valence-corrected chi connectivity index (χ2v) is 6.99. The molecule has 114 valence electrons. The molecule has 0 bridgehead atoms. The van der Waals surface area contributed by atoms with E-state index in [0.29, 0.717) is 22.9 Å². The lowest BCUT2D eigenvalue weighted by Crippen LogP contribution is -2.34. The number of hydrogen-bond acceptors (Lipinski definition) is 3. The van der Waals surface area contributed by atoms with E-state index in [1.807, 2.05) is 6.07 Å². The number of carboxylic acid groups (broad SMARTS) is 1. The van der Waals surface area contributed by atoms with E-state index in [1.54, 1.807) is 19.9 Å². The highest BCUT2D eigenvalue weighted by Crippen LogP contribution is 2.48. The highest BCUT2D eigenvalue weighted by Gasteiger charge is 2.44. The van der Waals surface area contributed by atoms with Crippen LogP contribution in [-0.2, 0) is 11.2 Å². The zero-order valence-corrected chi connectivity index (χ0v) is 13.0. The molecule has 1 aliphatic heterocycles. The maximum Gasteiger partial charge on any atom is 0.309 e. The van der Waals surface area contributed by atoms with Crippen molar-refractivity contribution < 1.29 is 19.4 Å². The van der Waals surface area contributed by atoms with Crippen molar-refractivity contribution in [3.8, 4) is 11.5 Å². The van der Waals surface area contributed by atoms with Crippen LogP contribution in [0, 0.1) is 5.41 Å². The third-order valence-electron chi connectivity index (χ3n) is 4.28. The van der Waals surface area contributed by atoms with Crippen molar-refractivity contribution in [3.63, 3.8) is 0 Å².